The van der Waals surface area contributed by atoms with Crippen molar-refractivity contribution in [2.45, 2.75) is 56.9 Å². The van der Waals surface area contributed by atoms with E-state index < -0.39 is 0 Å². The molecule has 1 saturated carbocycles. The number of aryl methyl sites for hydroxylation is 1. The Hall–Kier alpha value is -1.36. The summed E-state index contributed by atoms with van der Waals surface area (Å²) >= 11 is 0. The summed E-state index contributed by atoms with van der Waals surface area (Å²) in [5, 5.41) is 3.22. The molecule has 110 valence electrons. The molecule has 5 heteroatoms. The third-order valence-electron chi connectivity index (χ3n) is 4.96. The number of aromatic nitrogens is 2. The zero-order chi connectivity index (χ0) is 14.1. The monoisotopic (exact) mass is 275 g/mol. The molecule has 1 atom stereocenters. The van der Waals surface area contributed by atoms with Gasteiger partial charge in [0.2, 0.25) is 5.95 Å². The van der Waals surface area contributed by atoms with Crippen LogP contribution in [0.4, 0.5) is 11.8 Å². The Kier molecular flexibility index (Phi) is 3.78. The number of anilines is 2. The van der Waals surface area contributed by atoms with Gasteiger partial charge >= 0.3 is 0 Å². The van der Waals surface area contributed by atoms with E-state index in [0.717, 1.165) is 36.7 Å². The first kappa shape index (κ1) is 13.6. The summed E-state index contributed by atoms with van der Waals surface area (Å²) in [4.78, 5) is 8.88. The molecular weight excluding hydrogens is 250 g/mol. The molecule has 1 aromatic rings. The van der Waals surface area contributed by atoms with Gasteiger partial charge in [-0.25, -0.2) is 4.98 Å². The lowest BCUT2D eigenvalue weighted by atomic mass is 9.71. The lowest BCUT2D eigenvalue weighted by Gasteiger charge is -2.36. The number of nitrogens with two attached hydrogens (primary N) is 2. The summed E-state index contributed by atoms with van der Waals surface area (Å²) in [6.45, 7) is 0. The van der Waals surface area contributed by atoms with Crippen molar-refractivity contribution in [2.75, 3.05) is 18.1 Å². The minimum Gasteiger partial charge on any atom is -0.373 e. The van der Waals surface area contributed by atoms with E-state index in [1.165, 1.54) is 31.2 Å². The van der Waals surface area contributed by atoms with Crippen LogP contribution in [0.3, 0.4) is 0 Å². The van der Waals surface area contributed by atoms with Crippen LogP contribution in [-0.4, -0.2) is 23.1 Å². The predicted octanol–water partition coefficient (Wildman–Crippen LogP) is 2.04. The lowest BCUT2D eigenvalue weighted by Crippen LogP contribution is -2.31. The van der Waals surface area contributed by atoms with Gasteiger partial charge in [0.25, 0.3) is 0 Å². The van der Waals surface area contributed by atoms with Crippen LogP contribution in [-0.2, 0) is 6.42 Å². The molecule has 5 N–H and O–H groups in total. The molecule has 20 heavy (non-hydrogen) atoms. The van der Waals surface area contributed by atoms with E-state index in [9.17, 15) is 0 Å². The molecule has 0 saturated heterocycles. The Labute approximate surface area is 120 Å². The summed E-state index contributed by atoms with van der Waals surface area (Å²) in [6.07, 6.45) is 8.26. The molecule has 2 aliphatic carbocycles. The van der Waals surface area contributed by atoms with Gasteiger partial charge in [-0.2, -0.15) is 4.98 Å². The average molecular weight is 275 g/mol. The van der Waals surface area contributed by atoms with Crippen LogP contribution in [0, 0.1) is 5.92 Å². The Morgan fingerprint density at radius 1 is 1.10 bits per heavy atom. The van der Waals surface area contributed by atoms with Gasteiger partial charge in [0.15, 0.2) is 0 Å². The second-order valence-corrected chi connectivity index (χ2v) is 6.21. The fraction of sp³-hybridized carbons (Fsp3) is 0.733. The zero-order valence-electron chi connectivity index (χ0n) is 12.2. The molecule has 0 amide bonds. The number of nitrogens with one attached hydrogen (secondary N) is 1. The average Bonchev–Trinajstić information content (AvgIpc) is 2.46. The molecule has 0 aliphatic heterocycles. The van der Waals surface area contributed by atoms with Gasteiger partial charge in [0.1, 0.15) is 5.82 Å². The van der Waals surface area contributed by atoms with Crippen LogP contribution >= 0.6 is 0 Å². The molecule has 0 bridgehead atoms. The number of hydrogen-bond acceptors (Lipinski definition) is 5. The molecule has 1 aromatic heterocycles. The topological polar surface area (TPSA) is 89.8 Å². The van der Waals surface area contributed by atoms with E-state index in [0.29, 0.717) is 17.9 Å². The van der Waals surface area contributed by atoms with Gasteiger partial charge < -0.3 is 16.8 Å². The van der Waals surface area contributed by atoms with Crippen LogP contribution < -0.4 is 16.8 Å². The number of nitrogens with zero attached hydrogens (tertiary/aromatic N) is 2. The summed E-state index contributed by atoms with van der Waals surface area (Å²) in [5.74, 6) is 2.63. The van der Waals surface area contributed by atoms with Crippen molar-refractivity contribution < 1.29 is 0 Å². The maximum absolute atomic E-state index is 6.04. The molecule has 1 heterocycles. The molecule has 0 aromatic carbocycles. The van der Waals surface area contributed by atoms with Crippen LogP contribution in [0.25, 0.3) is 0 Å². The summed E-state index contributed by atoms with van der Waals surface area (Å²) in [7, 11) is 1.92. The summed E-state index contributed by atoms with van der Waals surface area (Å²) < 4.78 is 0. The lowest BCUT2D eigenvalue weighted by molar-refractivity contribution is 0.264. The number of nitrogen functional groups attached to an aromatic ring is 1. The van der Waals surface area contributed by atoms with Crippen LogP contribution in [0.15, 0.2) is 0 Å². The largest absolute Gasteiger partial charge is 0.373 e. The van der Waals surface area contributed by atoms with Gasteiger partial charge in [0, 0.05) is 18.7 Å². The fourth-order valence-corrected chi connectivity index (χ4v) is 3.96. The summed E-state index contributed by atoms with van der Waals surface area (Å²) in [6, 6.07) is 0.403. The van der Waals surface area contributed by atoms with Crippen molar-refractivity contribution in [1.29, 1.82) is 0 Å². The second kappa shape index (κ2) is 5.56. The first-order valence-corrected chi connectivity index (χ1v) is 7.78. The Bertz CT molecular complexity index is 462. The maximum atomic E-state index is 6.04. The van der Waals surface area contributed by atoms with Crippen molar-refractivity contribution in [2.24, 2.45) is 11.7 Å². The van der Waals surface area contributed by atoms with Gasteiger partial charge in [0.05, 0.1) is 5.69 Å². The normalized spacial score (nSPS) is 29.8. The highest BCUT2D eigenvalue weighted by Gasteiger charge is 2.33. The first-order chi connectivity index (χ1) is 9.69. The van der Waals surface area contributed by atoms with E-state index in [4.69, 9.17) is 11.5 Å². The Balaban J connectivity index is 1.92. The second-order valence-electron chi connectivity index (χ2n) is 6.21. The van der Waals surface area contributed by atoms with Crippen LogP contribution in [0.1, 0.15) is 55.7 Å². The number of hydrogen-bond donors (Lipinski definition) is 3. The standard InChI is InChI=1S/C15H25N5/c1-18-14-13-11(9-5-7-10(16)8-6-9)3-2-4-12(13)19-15(17)20-14/h9-11H,2-8,16H2,1H3,(H3,17,18,19,20). The molecule has 2 aliphatic rings. The van der Waals surface area contributed by atoms with Crippen molar-refractivity contribution in [3.05, 3.63) is 11.3 Å². The quantitative estimate of drug-likeness (QED) is 0.768. The molecule has 1 fully saturated rings. The minimum atomic E-state index is 0.388. The minimum absolute atomic E-state index is 0.388. The van der Waals surface area contributed by atoms with Crippen LogP contribution in [0.5, 0.6) is 0 Å². The Morgan fingerprint density at radius 2 is 1.85 bits per heavy atom. The highest BCUT2D eigenvalue weighted by molar-refractivity contribution is 5.52. The predicted molar refractivity (Wildman–Crippen MR) is 81.6 cm³/mol. The van der Waals surface area contributed by atoms with Crippen molar-refractivity contribution >= 4 is 11.8 Å². The molecule has 0 radical (unpaired) electrons. The number of fused-ring (bicyclic) bond motifs is 1. The van der Waals surface area contributed by atoms with E-state index in [2.05, 4.69) is 15.3 Å². The van der Waals surface area contributed by atoms with E-state index >= 15 is 0 Å². The van der Waals surface area contributed by atoms with Crippen LogP contribution in [0.2, 0.25) is 0 Å². The Morgan fingerprint density at radius 3 is 2.55 bits per heavy atom. The van der Waals surface area contributed by atoms with Gasteiger partial charge in [-0.3, -0.25) is 0 Å². The molecule has 3 rings (SSSR count). The third-order valence-corrected chi connectivity index (χ3v) is 4.96. The maximum Gasteiger partial charge on any atom is 0.222 e. The van der Waals surface area contributed by atoms with Crippen molar-refractivity contribution in [3.63, 3.8) is 0 Å². The third kappa shape index (κ3) is 2.46. The fourth-order valence-electron chi connectivity index (χ4n) is 3.96. The summed E-state index contributed by atoms with van der Waals surface area (Å²) in [5.41, 5.74) is 14.4. The van der Waals surface area contributed by atoms with Crippen molar-refractivity contribution in [1.82, 2.24) is 9.97 Å². The van der Waals surface area contributed by atoms with E-state index in [1.807, 2.05) is 7.05 Å². The highest BCUT2D eigenvalue weighted by Crippen LogP contribution is 2.44. The molecule has 0 spiro atoms. The van der Waals surface area contributed by atoms with E-state index in [-0.39, 0.29) is 0 Å². The molecule has 1 unspecified atom stereocenters. The first-order valence-electron chi connectivity index (χ1n) is 7.78. The van der Waals surface area contributed by atoms with Crippen molar-refractivity contribution in [3.8, 4) is 0 Å². The SMILES string of the molecule is CNc1nc(N)nc2c1C(C1CCC(N)CC1)CCC2. The van der Waals surface area contributed by atoms with Gasteiger partial charge in [-0.05, 0) is 56.8 Å². The number of rotatable bonds is 2. The zero-order valence-corrected chi connectivity index (χ0v) is 12.2. The highest BCUT2D eigenvalue weighted by atomic mass is 15.1. The smallest absolute Gasteiger partial charge is 0.222 e. The van der Waals surface area contributed by atoms with Gasteiger partial charge in [-0.15, -0.1) is 0 Å². The molecular formula is C15H25N5. The molecule has 5 nitrogen and oxygen atoms in total. The van der Waals surface area contributed by atoms with E-state index in [1.54, 1.807) is 0 Å². The van der Waals surface area contributed by atoms with Gasteiger partial charge in [-0.1, -0.05) is 0 Å².